The standard InChI is InChI=1S/C16H31NO2/c1-5-15(3,18-6-2)14(17-4)13-8-11-19-16(12-13)9-7-10-16/h13-14,17H,5-12H2,1-4H3. The van der Waals surface area contributed by atoms with Gasteiger partial charge in [-0.3, -0.25) is 0 Å². The lowest BCUT2D eigenvalue weighted by Crippen LogP contribution is -2.57. The Morgan fingerprint density at radius 2 is 2.16 bits per heavy atom. The monoisotopic (exact) mass is 269 g/mol. The highest BCUT2D eigenvalue weighted by atomic mass is 16.5. The van der Waals surface area contributed by atoms with Gasteiger partial charge in [0.05, 0.1) is 11.2 Å². The van der Waals surface area contributed by atoms with E-state index in [0.717, 1.165) is 26.1 Å². The average Bonchev–Trinajstić information content (AvgIpc) is 2.38. The molecule has 0 bridgehead atoms. The molecule has 3 unspecified atom stereocenters. The molecule has 3 heteroatoms. The highest BCUT2D eigenvalue weighted by Crippen LogP contribution is 2.46. The molecule has 3 atom stereocenters. The lowest BCUT2D eigenvalue weighted by atomic mass is 9.68. The molecule has 0 aromatic heterocycles. The summed E-state index contributed by atoms with van der Waals surface area (Å²) in [6.45, 7) is 8.31. The summed E-state index contributed by atoms with van der Waals surface area (Å²) in [4.78, 5) is 0. The smallest absolute Gasteiger partial charge is 0.0806 e. The molecular weight excluding hydrogens is 238 g/mol. The molecule has 19 heavy (non-hydrogen) atoms. The van der Waals surface area contributed by atoms with Crippen LogP contribution >= 0.6 is 0 Å². The lowest BCUT2D eigenvalue weighted by Gasteiger charge is -2.51. The van der Waals surface area contributed by atoms with Gasteiger partial charge in [-0.15, -0.1) is 0 Å². The van der Waals surface area contributed by atoms with E-state index in [1.165, 1.54) is 25.7 Å². The lowest BCUT2D eigenvalue weighted by molar-refractivity contribution is -0.161. The minimum absolute atomic E-state index is 0.0591. The molecule has 2 fully saturated rings. The molecule has 0 radical (unpaired) electrons. The van der Waals surface area contributed by atoms with Crippen LogP contribution in [0.15, 0.2) is 0 Å². The Bertz CT molecular complexity index is 290. The molecule has 2 aliphatic rings. The van der Waals surface area contributed by atoms with E-state index in [4.69, 9.17) is 9.47 Å². The van der Waals surface area contributed by atoms with Crippen LogP contribution in [0.25, 0.3) is 0 Å². The maximum atomic E-state index is 6.10. The highest BCUT2D eigenvalue weighted by molar-refractivity contribution is 5.01. The van der Waals surface area contributed by atoms with E-state index in [9.17, 15) is 0 Å². The number of rotatable bonds is 6. The Kier molecular flexibility index (Phi) is 4.91. The van der Waals surface area contributed by atoms with Crippen molar-refractivity contribution in [1.82, 2.24) is 5.32 Å². The summed E-state index contributed by atoms with van der Waals surface area (Å²) in [5, 5.41) is 3.55. The van der Waals surface area contributed by atoms with E-state index in [1.54, 1.807) is 0 Å². The first-order valence-corrected chi connectivity index (χ1v) is 8.04. The fourth-order valence-corrected chi connectivity index (χ4v) is 4.05. The second kappa shape index (κ2) is 6.11. The average molecular weight is 269 g/mol. The first-order valence-electron chi connectivity index (χ1n) is 8.04. The second-order valence-electron chi connectivity index (χ2n) is 6.50. The van der Waals surface area contributed by atoms with E-state index in [0.29, 0.717) is 12.0 Å². The zero-order valence-corrected chi connectivity index (χ0v) is 13.1. The molecule has 3 nitrogen and oxygen atoms in total. The predicted molar refractivity (Wildman–Crippen MR) is 78.4 cm³/mol. The Balaban J connectivity index is 2.07. The van der Waals surface area contributed by atoms with Crippen molar-refractivity contribution in [2.75, 3.05) is 20.3 Å². The fourth-order valence-electron chi connectivity index (χ4n) is 4.05. The van der Waals surface area contributed by atoms with Crippen LogP contribution < -0.4 is 5.32 Å². The zero-order valence-electron chi connectivity index (χ0n) is 13.1. The Hall–Kier alpha value is -0.120. The van der Waals surface area contributed by atoms with Crippen molar-refractivity contribution in [3.63, 3.8) is 0 Å². The maximum absolute atomic E-state index is 6.10. The van der Waals surface area contributed by atoms with E-state index in [1.807, 2.05) is 0 Å². The first kappa shape index (κ1) is 15.3. The third kappa shape index (κ3) is 2.98. The van der Waals surface area contributed by atoms with Gasteiger partial charge in [0, 0.05) is 19.3 Å². The summed E-state index contributed by atoms with van der Waals surface area (Å²) in [5.74, 6) is 0.676. The van der Waals surface area contributed by atoms with Crippen LogP contribution in [0.1, 0.15) is 59.3 Å². The zero-order chi connectivity index (χ0) is 13.9. The number of hydrogen-bond acceptors (Lipinski definition) is 3. The van der Waals surface area contributed by atoms with Crippen molar-refractivity contribution in [3.05, 3.63) is 0 Å². The van der Waals surface area contributed by atoms with Crippen LogP contribution in [-0.2, 0) is 9.47 Å². The minimum Gasteiger partial charge on any atom is -0.375 e. The van der Waals surface area contributed by atoms with Crippen molar-refractivity contribution in [2.24, 2.45) is 5.92 Å². The van der Waals surface area contributed by atoms with Gasteiger partial charge in [0.2, 0.25) is 0 Å². The van der Waals surface area contributed by atoms with Gasteiger partial charge in [0.1, 0.15) is 0 Å². The molecule has 1 saturated carbocycles. The van der Waals surface area contributed by atoms with Gasteiger partial charge in [-0.25, -0.2) is 0 Å². The van der Waals surface area contributed by atoms with Gasteiger partial charge >= 0.3 is 0 Å². The van der Waals surface area contributed by atoms with E-state index < -0.39 is 0 Å². The molecular formula is C16H31NO2. The largest absolute Gasteiger partial charge is 0.375 e. The second-order valence-corrected chi connectivity index (χ2v) is 6.50. The number of likely N-dealkylation sites (N-methyl/N-ethyl adjacent to an activating group) is 1. The maximum Gasteiger partial charge on any atom is 0.0806 e. The third-order valence-electron chi connectivity index (χ3n) is 5.41. The van der Waals surface area contributed by atoms with Crippen LogP contribution in [0.3, 0.4) is 0 Å². The topological polar surface area (TPSA) is 30.5 Å². The van der Waals surface area contributed by atoms with Crippen LogP contribution in [0, 0.1) is 5.92 Å². The van der Waals surface area contributed by atoms with Crippen LogP contribution in [0.2, 0.25) is 0 Å². The molecule has 1 heterocycles. The number of nitrogens with one attached hydrogen (secondary N) is 1. The summed E-state index contributed by atoms with van der Waals surface area (Å²) in [7, 11) is 2.08. The van der Waals surface area contributed by atoms with Gasteiger partial charge in [0.25, 0.3) is 0 Å². The van der Waals surface area contributed by atoms with Gasteiger partial charge in [0.15, 0.2) is 0 Å². The molecule has 0 aromatic rings. The summed E-state index contributed by atoms with van der Waals surface area (Å²) in [6, 6.07) is 0.429. The quantitative estimate of drug-likeness (QED) is 0.803. The SMILES string of the molecule is CCOC(C)(CC)C(NC)C1CCOC2(CCC2)C1. The van der Waals surface area contributed by atoms with Crippen molar-refractivity contribution < 1.29 is 9.47 Å². The molecule has 1 aliphatic carbocycles. The van der Waals surface area contributed by atoms with Crippen molar-refractivity contribution in [3.8, 4) is 0 Å². The summed E-state index contributed by atoms with van der Waals surface area (Å²) < 4.78 is 12.2. The van der Waals surface area contributed by atoms with E-state index >= 15 is 0 Å². The third-order valence-corrected chi connectivity index (χ3v) is 5.41. The molecule has 0 amide bonds. The van der Waals surface area contributed by atoms with Crippen LogP contribution in [0.4, 0.5) is 0 Å². The van der Waals surface area contributed by atoms with Crippen molar-refractivity contribution >= 4 is 0 Å². The Morgan fingerprint density at radius 3 is 2.63 bits per heavy atom. The predicted octanol–water partition coefficient (Wildman–Crippen LogP) is 3.13. The Labute approximate surface area is 118 Å². The minimum atomic E-state index is -0.0591. The van der Waals surface area contributed by atoms with Gasteiger partial charge in [-0.1, -0.05) is 6.92 Å². The highest BCUT2D eigenvalue weighted by Gasteiger charge is 2.47. The molecule has 1 saturated heterocycles. The van der Waals surface area contributed by atoms with Crippen molar-refractivity contribution in [1.29, 1.82) is 0 Å². The molecule has 1 aliphatic heterocycles. The van der Waals surface area contributed by atoms with Gasteiger partial charge < -0.3 is 14.8 Å². The molecule has 1 N–H and O–H groups in total. The molecule has 1 spiro atoms. The molecule has 2 rings (SSSR count). The van der Waals surface area contributed by atoms with Gasteiger partial charge in [-0.05, 0) is 65.3 Å². The van der Waals surface area contributed by atoms with Gasteiger partial charge in [-0.2, -0.15) is 0 Å². The molecule has 112 valence electrons. The van der Waals surface area contributed by atoms with Crippen LogP contribution in [-0.4, -0.2) is 37.5 Å². The Morgan fingerprint density at radius 1 is 1.42 bits per heavy atom. The number of ether oxygens (including phenoxy) is 2. The molecule has 0 aromatic carbocycles. The normalized spacial score (nSPS) is 30.6. The summed E-state index contributed by atoms with van der Waals surface area (Å²) in [6.07, 6.45) is 7.29. The van der Waals surface area contributed by atoms with Crippen molar-refractivity contribution in [2.45, 2.75) is 76.5 Å². The fraction of sp³-hybridized carbons (Fsp3) is 1.00. The number of hydrogen-bond donors (Lipinski definition) is 1. The van der Waals surface area contributed by atoms with E-state index in [-0.39, 0.29) is 11.2 Å². The van der Waals surface area contributed by atoms with Crippen LogP contribution in [0.5, 0.6) is 0 Å². The summed E-state index contributed by atoms with van der Waals surface area (Å²) in [5.41, 5.74) is 0.162. The summed E-state index contributed by atoms with van der Waals surface area (Å²) >= 11 is 0. The van der Waals surface area contributed by atoms with E-state index in [2.05, 4.69) is 33.1 Å². The first-order chi connectivity index (χ1) is 9.09.